The average Bonchev–Trinajstić information content (AvgIpc) is 2.35. The lowest BCUT2D eigenvalue weighted by atomic mass is 10.1. The first kappa shape index (κ1) is 15.0. The highest BCUT2D eigenvalue weighted by molar-refractivity contribution is 5.95. The zero-order valence-corrected chi connectivity index (χ0v) is 11.0. The van der Waals surface area contributed by atoms with Crippen LogP contribution in [-0.4, -0.2) is 18.0 Å². The number of hydrogen-bond acceptors (Lipinski definition) is 3. The summed E-state index contributed by atoms with van der Waals surface area (Å²) in [4.78, 5) is 22.5. The van der Waals surface area contributed by atoms with Crippen LogP contribution < -0.4 is 22.1 Å². The standard InChI is InChI=1S/C13H20N4O2/c1-2-3-7-11(14)12(18)16-9-5-4-6-10(8-9)17-13(15)19/h4-6,8,11H,2-3,7,14H2,1H3,(H,16,18)(H3,15,17,19). The molecule has 19 heavy (non-hydrogen) atoms. The van der Waals surface area contributed by atoms with E-state index < -0.39 is 12.1 Å². The summed E-state index contributed by atoms with van der Waals surface area (Å²) in [6.45, 7) is 2.05. The Morgan fingerprint density at radius 1 is 1.26 bits per heavy atom. The lowest BCUT2D eigenvalue weighted by Crippen LogP contribution is -2.35. The number of anilines is 2. The van der Waals surface area contributed by atoms with Gasteiger partial charge in [-0.15, -0.1) is 0 Å². The van der Waals surface area contributed by atoms with E-state index in [4.69, 9.17) is 11.5 Å². The zero-order chi connectivity index (χ0) is 14.3. The monoisotopic (exact) mass is 264 g/mol. The van der Waals surface area contributed by atoms with Crippen LogP contribution in [0.25, 0.3) is 0 Å². The van der Waals surface area contributed by atoms with Gasteiger partial charge < -0.3 is 22.1 Å². The van der Waals surface area contributed by atoms with Crippen LogP contribution >= 0.6 is 0 Å². The summed E-state index contributed by atoms with van der Waals surface area (Å²) < 4.78 is 0. The number of unbranched alkanes of at least 4 members (excludes halogenated alkanes) is 1. The third-order valence-electron chi connectivity index (χ3n) is 2.60. The van der Waals surface area contributed by atoms with E-state index in [1.54, 1.807) is 24.3 Å². The van der Waals surface area contributed by atoms with Gasteiger partial charge in [-0.1, -0.05) is 25.8 Å². The van der Waals surface area contributed by atoms with Crippen LogP contribution in [0.2, 0.25) is 0 Å². The second-order valence-corrected chi connectivity index (χ2v) is 4.31. The molecule has 0 aromatic heterocycles. The van der Waals surface area contributed by atoms with E-state index in [1.807, 2.05) is 6.92 Å². The fourth-order valence-electron chi connectivity index (χ4n) is 1.61. The van der Waals surface area contributed by atoms with Gasteiger partial charge in [0.25, 0.3) is 0 Å². The molecule has 0 bridgehead atoms. The van der Waals surface area contributed by atoms with Gasteiger partial charge in [-0.2, -0.15) is 0 Å². The number of primary amides is 1. The average molecular weight is 264 g/mol. The molecule has 0 heterocycles. The second-order valence-electron chi connectivity index (χ2n) is 4.31. The molecule has 0 spiro atoms. The minimum absolute atomic E-state index is 0.232. The van der Waals surface area contributed by atoms with Gasteiger partial charge in [0.1, 0.15) is 0 Å². The normalized spacial score (nSPS) is 11.7. The van der Waals surface area contributed by atoms with Crippen LogP contribution in [0.1, 0.15) is 26.2 Å². The quantitative estimate of drug-likeness (QED) is 0.626. The molecule has 1 unspecified atom stereocenters. The van der Waals surface area contributed by atoms with E-state index in [-0.39, 0.29) is 5.91 Å². The van der Waals surface area contributed by atoms with Crippen molar-refractivity contribution in [1.82, 2.24) is 0 Å². The molecular weight excluding hydrogens is 244 g/mol. The van der Waals surface area contributed by atoms with Crippen LogP contribution in [0.4, 0.5) is 16.2 Å². The van der Waals surface area contributed by atoms with E-state index in [1.165, 1.54) is 0 Å². The Morgan fingerprint density at radius 2 is 1.89 bits per heavy atom. The number of amides is 3. The molecule has 1 rings (SSSR count). The van der Waals surface area contributed by atoms with Crippen molar-refractivity contribution in [3.63, 3.8) is 0 Å². The maximum atomic E-state index is 11.8. The van der Waals surface area contributed by atoms with E-state index in [9.17, 15) is 9.59 Å². The molecule has 6 heteroatoms. The Kier molecular flexibility index (Phi) is 5.81. The molecule has 0 aliphatic heterocycles. The van der Waals surface area contributed by atoms with Crippen molar-refractivity contribution in [1.29, 1.82) is 0 Å². The highest BCUT2D eigenvalue weighted by Crippen LogP contribution is 2.15. The Balaban J connectivity index is 2.61. The van der Waals surface area contributed by atoms with Gasteiger partial charge in [0.2, 0.25) is 5.91 Å². The van der Waals surface area contributed by atoms with Crippen LogP contribution in [0, 0.1) is 0 Å². The lowest BCUT2D eigenvalue weighted by Gasteiger charge is -2.12. The van der Waals surface area contributed by atoms with E-state index in [0.717, 1.165) is 12.8 Å². The summed E-state index contributed by atoms with van der Waals surface area (Å²) >= 11 is 0. The molecule has 1 aromatic carbocycles. The van der Waals surface area contributed by atoms with Crippen LogP contribution in [0.3, 0.4) is 0 Å². The van der Waals surface area contributed by atoms with Crippen LogP contribution in [0.5, 0.6) is 0 Å². The van der Waals surface area contributed by atoms with Gasteiger partial charge in [-0.25, -0.2) is 4.79 Å². The highest BCUT2D eigenvalue weighted by Gasteiger charge is 2.12. The maximum Gasteiger partial charge on any atom is 0.316 e. The third-order valence-corrected chi connectivity index (χ3v) is 2.60. The summed E-state index contributed by atoms with van der Waals surface area (Å²) in [7, 11) is 0. The number of carbonyl (C=O) groups excluding carboxylic acids is 2. The van der Waals surface area contributed by atoms with Crippen molar-refractivity contribution in [2.75, 3.05) is 10.6 Å². The fourth-order valence-corrected chi connectivity index (χ4v) is 1.61. The van der Waals surface area contributed by atoms with Crippen molar-refractivity contribution in [3.05, 3.63) is 24.3 Å². The smallest absolute Gasteiger partial charge is 0.316 e. The Morgan fingerprint density at radius 3 is 2.47 bits per heavy atom. The van der Waals surface area contributed by atoms with Crippen molar-refractivity contribution < 1.29 is 9.59 Å². The van der Waals surface area contributed by atoms with Gasteiger partial charge in [0.05, 0.1) is 6.04 Å². The molecule has 0 aliphatic rings. The predicted molar refractivity (Wildman–Crippen MR) is 75.8 cm³/mol. The van der Waals surface area contributed by atoms with Crippen molar-refractivity contribution in [2.24, 2.45) is 11.5 Å². The van der Waals surface area contributed by atoms with Crippen LogP contribution in [-0.2, 0) is 4.79 Å². The first-order chi connectivity index (χ1) is 9.02. The molecule has 1 aromatic rings. The number of hydrogen-bond donors (Lipinski definition) is 4. The molecule has 6 nitrogen and oxygen atoms in total. The van der Waals surface area contributed by atoms with Crippen LogP contribution in [0.15, 0.2) is 24.3 Å². The molecule has 0 radical (unpaired) electrons. The number of benzene rings is 1. The van der Waals surface area contributed by atoms with E-state index >= 15 is 0 Å². The highest BCUT2D eigenvalue weighted by atomic mass is 16.2. The van der Waals surface area contributed by atoms with Gasteiger partial charge >= 0.3 is 6.03 Å². The number of nitrogens with one attached hydrogen (secondary N) is 2. The molecular formula is C13H20N4O2. The SMILES string of the molecule is CCCCC(N)C(=O)Nc1cccc(NC(N)=O)c1. The molecule has 0 saturated carbocycles. The molecule has 0 aliphatic carbocycles. The summed E-state index contributed by atoms with van der Waals surface area (Å²) in [5, 5.41) is 5.15. The molecule has 6 N–H and O–H groups in total. The number of urea groups is 1. The maximum absolute atomic E-state index is 11.8. The van der Waals surface area contributed by atoms with Gasteiger partial charge in [-0.05, 0) is 24.6 Å². The number of rotatable bonds is 6. The van der Waals surface area contributed by atoms with Crippen molar-refractivity contribution >= 4 is 23.3 Å². The van der Waals surface area contributed by atoms with Gasteiger partial charge in [0.15, 0.2) is 0 Å². The number of carbonyl (C=O) groups is 2. The Labute approximate surface area is 112 Å². The largest absolute Gasteiger partial charge is 0.351 e. The topological polar surface area (TPSA) is 110 Å². The predicted octanol–water partition coefficient (Wildman–Crippen LogP) is 1.63. The molecule has 104 valence electrons. The first-order valence-electron chi connectivity index (χ1n) is 6.26. The van der Waals surface area contributed by atoms with Gasteiger partial charge in [-0.3, -0.25) is 4.79 Å². The minimum Gasteiger partial charge on any atom is -0.351 e. The first-order valence-corrected chi connectivity index (χ1v) is 6.26. The van der Waals surface area contributed by atoms with Crippen molar-refractivity contribution in [2.45, 2.75) is 32.2 Å². The second kappa shape index (κ2) is 7.38. The van der Waals surface area contributed by atoms with Gasteiger partial charge in [0, 0.05) is 11.4 Å². The van der Waals surface area contributed by atoms with E-state index in [0.29, 0.717) is 17.8 Å². The molecule has 0 fully saturated rings. The molecule has 3 amide bonds. The Bertz CT molecular complexity index is 448. The summed E-state index contributed by atoms with van der Waals surface area (Å²) in [5.74, 6) is -0.232. The minimum atomic E-state index is -0.650. The zero-order valence-electron chi connectivity index (χ0n) is 11.0. The Hall–Kier alpha value is -2.08. The van der Waals surface area contributed by atoms with E-state index in [2.05, 4.69) is 10.6 Å². The lowest BCUT2D eigenvalue weighted by molar-refractivity contribution is -0.117. The fraction of sp³-hybridized carbons (Fsp3) is 0.385. The summed E-state index contributed by atoms with van der Waals surface area (Å²) in [5.41, 5.74) is 11.9. The molecule has 1 atom stereocenters. The summed E-state index contributed by atoms with van der Waals surface area (Å²) in [6, 6.07) is 5.55. The molecule has 0 saturated heterocycles. The number of nitrogens with two attached hydrogens (primary N) is 2. The summed E-state index contributed by atoms with van der Waals surface area (Å²) in [6.07, 6.45) is 2.57. The van der Waals surface area contributed by atoms with Crippen molar-refractivity contribution in [3.8, 4) is 0 Å². The third kappa shape index (κ3) is 5.39.